The molecule has 1 amide bonds. The van der Waals surface area contributed by atoms with Crippen molar-refractivity contribution >= 4 is 15.9 Å². The number of hydrogen-bond acceptors (Lipinski definition) is 6. The van der Waals surface area contributed by atoms with E-state index in [1.807, 2.05) is 0 Å². The molecule has 1 fully saturated rings. The van der Waals surface area contributed by atoms with E-state index in [2.05, 4.69) is 5.32 Å². The first-order chi connectivity index (χ1) is 15.0. The van der Waals surface area contributed by atoms with Gasteiger partial charge in [-0.3, -0.25) is 4.79 Å². The minimum absolute atomic E-state index is 0.102. The molecule has 9 heteroatoms. The van der Waals surface area contributed by atoms with Gasteiger partial charge in [-0.2, -0.15) is 4.31 Å². The van der Waals surface area contributed by atoms with E-state index < -0.39 is 10.0 Å². The number of sulfonamides is 1. The smallest absolute Gasteiger partial charge is 0.258 e. The van der Waals surface area contributed by atoms with E-state index in [0.717, 1.165) is 19.3 Å². The zero-order valence-electron chi connectivity index (χ0n) is 17.6. The molecule has 1 saturated heterocycles. The van der Waals surface area contributed by atoms with Crippen LogP contribution in [0.3, 0.4) is 0 Å². The number of nitrogens with one attached hydrogen (secondary N) is 1. The summed E-state index contributed by atoms with van der Waals surface area (Å²) in [4.78, 5) is 12.1. The van der Waals surface area contributed by atoms with E-state index in [9.17, 15) is 13.2 Å². The third-order valence-electron chi connectivity index (χ3n) is 4.90. The number of ether oxygens (including phenoxy) is 3. The fraction of sp³-hybridized carbons (Fsp3) is 0.409. The Bertz CT molecular complexity index is 939. The third-order valence-corrected chi connectivity index (χ3v) is 6.81. The van der Waals surface area contributed by atoms with Gasteiger partial charge in [-0.15, -0.1) is 0 Å². The Morgan fingerprint density at radius 3 is 2.13 bits per heavy atom. The van der Waals surface area contributed by atoms with Gasteiger partial charge in [0.1, 0.15) is 23.9 Å². The first-order valence-corrected chi connectivity index (χ1v) is 11.7. The molecule has 2 aromatic rings. The predicted molar refractivity (Wildman–Crippen MR) is 116 cm³/mol. The minimum atomic E-state index is -3.45. The van der Waals surface area contributed by atoms with Crippen molar-refractivity contribution in [1.29, 1.82) is 0 Å². The van der Waals surface area contributed by atoms with Gasteiger partial charge in [0, 0.05) is 13.1 Å². The molecular formula is C22H28N2O6S. The van der Waals surface area contributed by atoms with Crippen molar-refractivity contribution in [1.82, 2.24) is 9.62 Å². The van der Waals surface area contributed by atoms with Crippen molar-refractivity contribution in [3.63, 3.8) is 0 Å². The Morgan fingerprint density at radius 1 is 0.903 bits per heavy atom. The van der Waals surface area contributed by atoms with Crippen molar-refractivity contribution in [3.05, 3.63) is 48.5 Å². The molecule has 0 saturated carbocycles. The van der Waals surface area contributed by atoms with Crippen LogP contribution in [0.4, 0.5) is 0 Å². The third kappa shape index (κ3) is 6.60. The molecule has 0 atom stereocenters. The summed E-state index contributed by atoms with van der Waals surface area (Å²) in [6.45, 7) is 1.60. The first kappa shape index (κ1) is 22.9. The number of nitrogens with zero attached hydrogens (tertiary/aromatic N) is 1. The Labute approximate surface area is 183 Å². The monoisotopic (exact) mass is 448 g/mol. The zero-order valence-corrected chi connectivity index (χ0v) is 18.4. The van der Waals surface area contributed by atoms with E-state index in [0.29, 0.717) is 36.9 Å². The molecular weight excluding hydrogens is 420 g/mol. The number of piperidine rings is 1. The Morgan fingerprint density at radius 2 is 1.48 bits per heavy atom. The number of rotatable bonds is 10. The topological polar surface area (TPSA) is 94.2 Å². The summed E-state index contributed by atoms with van der Waals surface area (Å²) in [5.41, 5.74) is 0. The van der Waals surface area contributed by atoms with Crippen LogP contribution >= 0.6 is 0 Å². The maximum atomic E-state index is 12.6. The molecule has 0 radical (unpaired) electrons. The molecule has 8 nitrogen and oxygen atoms in total. The van der Waals surface area contributed by atoms with Crippen LogP contribution < -0.4 is 19.5 Å². The maximum absolute atomic E-state index is 12.6. The zero-order chi connectivity index (χ0) is 22.1. The highest BCUT2D eigenvalue weighted by Gasteiger charge is 2.25. The number of carbonyl (C=O) groups is 1. The van der Waals surface area contributed by atoms with Crippen LogP contribution in [-0.4, -0.2) is 58.6 Å². The number of carbonyl (C=O) groups excluding carboxylic acids is 1. The average molecular weight is 449 g/mol. The standard InChI is InChI=1S/C22H28N2O6S/c1-28-18-5-7-20(8-6-18)30-17-22(25)23-13-16-29-19-9-11-21(12-10-19)31(26,27)24-14-3-2-4-15-24/h5-12H,2-4,13-17H2,1H3,(H,23,25). The minimum Gasteiger partial charge on any atom is -0.497 e. The summed E-state index contributed by atoms with van der Waals surface area (Å²) >= 11 is 0. The van der Waals surface area contributed by atoms with Gasteiger partial charge in [-0.25, -0.2) is 8.42 Å². The van der Waals surface area contributed by atoms with Crippen molar-refractivity contribution in [2.75, 3.05) is 40.0 Å². The van der Waals surface area contributed by atoms with E-state index in [-0.39, 0.29) is 24.0 Å². The van der Waals surface area contributed by atoms with Gasteiger partial charge in [0.2, 0.25) is 10.0 Å². The molecule has 0 unspecified atom stereocenters. The summed E-state index contributed by atoms with van der Waals surface area (Å²) in [5.74, 6) is 1.57. The second kappa shape index (κ2) is 11.0. The highest BCUT2D eigenvalue weighted by atomic mass is 32.2. The van der Waals surface area contributed by atoms with Gasteiger partial charge in [0.05, 0.1) is 18.6 Å². The molecule has 2 aromatic carbocycles. The van der Waals surface area contributed by atoms with E-state index in [1.165, 1.54) is 4.31 Å². The number of hydrogen-bond donors (Lipinski definition) is 1. The van der Waals surface area contributed by atoms with Crippen molar-refractivity contribution < 1.29 is 27.4 Å². The SMILES string of the molecule is COc1ccc(OCC(=O)NCCOc2ccc(S(=O)(=O)N3CCCCC3)cc2)cc1. The summed E-state index contributed by atoms with van der Waals surface area (Å²) in [6, 6.07) is 13.3. The van der Waals surface area contributed by atoms with Crippen LogP contribution in [0.15, 0.2) is 53.4 Å². The van der Waals surface area contributed by atoms with Gasteiger partial charge >= 0.3 is 0 Å². The Kier molecular flexibility index (Phi) is 8.13. The van der Waals surface area contributed by atoms with E-state index in [4.69, 9.17) is 14.2 Å². The van der Waals surface area contributed by atoms with E-state index >= 15 is 0 Å². The van der Waals surface area contributed by atoms with E-state index in [1.54, 1.807) is 55.6 Å². The van der Waals surface area contributed by atoms with Gasteiger partial charge in [0.25, 0.3) is 5.91 Å². The molecule has 0 bridgehead atoms. The number of benzene rings is 2. The molecule has 1 N–H and O–H groups in total. The highest BCUT2D eigenvalue weighted by molar-refractivity contribution is 7.89. The molecule has 1 aliphatic heterocycles. The van der Waals surface area contributed by atoms with Crippen LogP contribution in [-0.2, 0) is 14.8 Å². The molecule has 0 aliphatic carbocycles. The molecule has 1 aliphatic rings. The van der Waals surface area contributed by atoms with Gasteiger partial charge < -0.3 is 19.5 Å². The molecule has 1 heterocycles. The quantitative estimate of drug-likeness (QED) is 0.561. The van der Waals surface area contributed by atoms with Crippen LogP contribution in [0, 0.1) is 0 Å². The normalized spacial score (nSPS) is 14.6. The second-order valence-corrected chi connectivity index (χ2v) is 9.04. The summed E-state index contributed by atoms with van der Waals surface area (Å²) < 4.78 is 42.9. The molecule has 0 aromatic heterocycles. The molecule has 3 rings (SSSR count). The fourth-order valence-corrected chi connectivity index (χ4v) is 4.71. The lowest BCUT2D eigenvalue weighted by Crippen LogP contribution is -2.35. The largest absolute Gasteiger partial charge is 0.497 e. The fourth-order valence-electron chi connectivity index (χ4n) is 3.19. The number of methoxy groups -OCH3 is 1. The molecule has 0 spiro atoms. The van der Waals surface area contributed by atoms with Gasteiger partial charge in [-0.05, 0) is 61.4 Å². The van der Waals surface area contributed by atoms with Crippen LogP contribution in [0.25, 0.3) is 0 Å². The van der Waals surface area contributed by atoms with Crippen LogP contribution in [0.1, 0.15) is 19.3 Å². The Hall–Kier alpha value is -2.78. The first-order valence-electron chi connectivity index (χ1n) is 10.3. The second-order valence-electron chi connectivity index (χ2n) is 7.10. The lowest BCUT2D eigenvalue weighted by molar-refractivity contribution is -0.123. The summed E-state index contributed by atoms with van der Waals surface area (Å²) in [7, 11) is -1.87. The van der Waals surface area contributed by atoms with Crippen molar-refractivity contribution in [2.24, 2.45) is 0 Å². The van der Waals surface area contributed by atoms with Gasteiger partial charge in [-0.1, -0.05) is 6.42 Å². The van der Waals surface area contributed by atoms with Crippen LogP contribution in [0.5, 0.6) is 17.2 Å². The molecule has 31 heavy (non-hydrogen) atoms. The molecule has 168 valence electrons. The summed E-state index contributed by atoms with van der Waals surface area (Å²) in [6.07, 6.45) is 2.87. The predicted octanol–water partition coefficient (Wildman–Crippen LogP) is 2.44. The van der Waals surface area contributed by atoms with Gasteiger partial charge in [0.15, 0.2) is 6.61 Å². The average Bonchev–Trinajstić information content (AvgIpc) is 2.81. The number of amides is 1. The Balaban J connectivity index is 1.37. The lowest BCUT2D eigenvalue weighted by atomic mass is 10.2. The van der Waals surface area contributed by atoms with Crippen molar-refractivity contribution in [3.8, 4) is 17.2 Å². The van der Waals surface area contributed by atoms with Crippen LogP contribution in [0.2, 0.25) is 0 Å². The van der Waals surface area contributed by atoms with Crippen molar-refractivity contribution in [2.45, 2.75) is 24.2 Å². The highest BCUT2D eigenvalue weighted by Crippen LogP contribution is 2.22. The lowest BCUT2D eigenvalue weighted by Gasteiger charge is -2.25. The maximum Gasteiger partial charge on any atom is 0.258 e. The summed E-state index contributed by atoms with van der Waals surface area (Å²) in [5, 5.41) is 2.71.